The standard InChI is InChI=1S/C20H28N4OS/c1-3-23-8-10-24(11-9-23)20-22-18-14(2)12-15(13-17(18)26-20)19(25)21-16-6-4-5-7-16/h12-13,16H,3-11H2,1-2H3,(H,21,25). The van der Waals surface area contributed by atoms with Crippen molar-refractivity contribution in [3.05, 3.63) is 23.3 Å². The first kappa shape index (κ1) is 17.7. The summed E-state index contributed by atoms with van der Waals surface area (Å²) in [6, 6.07) is 4.37. The summed E-state index contributed by atoms with van der Waals surface area (Å²) in [7, 11) is 0. The molecule has 0 spiro atoms. The van der Waals surface area contributed by atoms with Gasteiger partial charge in [-0.15, -0.1) is 0 Å². The number of piperazine rings is 1. The van der Waals surface area contributed by atoms with Crippen LogP contribution < -0.4 is 10.2 Å². The molecular weight excluding hydrogens is 344 g/mol. The van der Waals surface area contributed by atoms with E-state index in [0.29, 0.717) is 6.04 Å². The summed E-state index contributed by atoms with van der Waals surface area (Å²) in [5, 5.41) is 4.29. The van der Waals surface area contributed by atoms with Crippen LogP contribution in [0.2, 0.25) is 0 Å². The van der Waals surface area contributed by atoms with Crippen molar-refractivity contribution in [2.45, 2.75) is 45.6 Å². The van der Waals surface area contributed by atoms with Crippen LogP contribution in [0.15, 0.2) is 12.1 Å². The number of thiazole rings is 1. The molecule has 1 saturated carbocycles. The number of aryl methyl sites for hydroxylation is 1. The van der Waals surface area contributed by atoms with E-state index in [2.05, 4.69) is 29.0 Å². The Morgan fingerprint density at radius 2 is 1.96 bits per heavy atom. The predicted molar refractivity (Wildman–Crippen MR) is 108 cm³/mol. The van der Waals surface area contributed by atoms with Crippen molar-refractivity contribution in [3.63, 3.8) is 0 Å². The lowest BCUT2D eigenvalue weighted by Crippen LogP contribution is -2.46. The molecule has 4 rings (SSSR count). The third-order valence-electron chi connectivity index (χ3n) is 5.72. The summed E-state index contributed by atoms with van der Waals surface area (Å²) in [4.78, 5) is 22.4. The van der Waals surface area contributed by atoms with Gasteiger partial charge in [-0.1, -0.05) is 31.1 Å². The number of fused-ring (bicyclic) bond motifs is 1. The summed E-state index contributed by atoms with van der Waals surface area (Å²) in [6.45, 7) is 9.65. The maximum absolute atomic E-state index is 12.6. The second-order valence-corrected chi connectivity index (χ2v) is 8.52. The van der Waals surface area contributed by atoms with Crippen molar-refractivity contribution >= 4 is 32.6 Å². The van der Waals surface area contributed by atoms with Crippen LogP contribution in [0.3, 0.4) is 0 Å². The van der Waals surface area contributed by atoms with Crippen molar-refractivity contribution < 1.29 is 4.79 Å². The minimum Gasteiger partial charge on any atom is -0.349 e. The predicted octanol–water partition coefficient (Wildman–Crippen LogP) is 3.42. The van der Waals surface area contributed by atoms with Crippen LogP contribution in [0, 0.1) is 6.92 Å². The zero-order valence-corrected chi connectivity index (χ0v) is 16.6. The molecule has 0 radical (unpaired) electrons. The number of carbonyl (C=O) groups is 1. The lowest BCUT2D eigenvalue weighted by molar-refractivity contribution is 0.0938. The quantitative estimate of drug-likeness (QED) is 0.893. The second-order valence-electron chi connectivity index (χ2n) is 7.51. The molecule has 2 aromatic rings. The Bertz CT molecular complexity index is 788. The Morgan fingerprint density at radius 3 is 2.65 bits per heavy atom. The van der Waals surface area contributed by atoms with Crippen molar-refractivity contribution in [3.8, 4) is 0 Å². The molecule has 1 amide bonds. The van der Waals surface area contributed by atoms with E-state index in [4.69, 9.17) is 4.98 Å². The van der Waals surface area contributed by atoms with Crippen LogP contribution in [-0.2, 0) is 0 Å². The largest absolute Gasteiger partial charge is 0.349 e. The summed E-state index contributed by atoms with van der Waals surface area (Å²) in [5.41, 5.74) is 2.90. The third-order valence-corrected chi connectivity index (χ3v) is 6.78. The van der Waals surface area contributed by atoms with Crippen LogP contribution in [-0.4, -0.2) is 54.6 Å². The van der Waals surface area contributed by atoms with Crippen LogP contribution in [0.1, 0.15) is 48.5 Å². The van der Waals surface area contributed by atoms with Crippen molar-refractivity contribution in [1.29, 1.82) is 0 Å². The molecule has 1 aromatic carbocycles. The molecule has 0 unspecified atom stereocenters. The molecule has 1 aliphatic carbocycles. The molecule has 26 heavy (non-hydrogen) atoms. The van der Waals surface area contributed by atoms with Gasteiger partial charge in [0.05, 0.1) is 10.2 Å². The fourth-order valence-corrected chi connectivity index (χ4v) is 5.18. The molecule has 5 nitrogen and oxygen atoms in total. The van der Waals surface area contributed by atoms with Gasteiger partial charge in [0, 0.05) is 37.8 Å². The van der Waals surface area contributed by atoms with Gasteiger partial charge in [-0.3, -0.25) is 4.79 Å². The number of nitrogens with zero attached hydrogens (tertiary/aromatic N) is 3. The van der Waals surface area contributed by atoms with Crippen molar-refractivity contribution in [2.24, 2.45) is 0 Å². The second kappa shape index (κ2) is 7.53. The fraction of sp³-hybridized carbons (Fsp3) is 0.600. The van der Waals surface area contributed by atoms with Gasteiger partial charge in [-0.25, -0.2) is 4.98 Å². The normalized spacial score (nSPS) is 19.4. The zero-order chi connectivity index (χ0) is 18.1. The van der Waals surface area contributed by atoms with E-state index in [0.717, 1.165) is 72.0 Å². The van der Waals surface area contributed by atoms with Crippen LogP contribution >= 0.6 is 11.3 Å². The minimum absolute atomic E-state index is 0.0633. The number of likely N-dealkylation sites (N-methyl/N-ethyl adjacent to an activating group) is 1. The maximum Gasteiger partial charge on any atom is 0.251 e. The molecule has 2 heterocycles. The third kappa shape index (κ3) is 3.58. The molecule has 140 valence electrons. The van der Waals surface area contributed by atoms with Gasteiger partial charge in [0.15, 0.2) is 5.13 Å². The van der Waals surface area contributed by atoms with Crippen LogP contribution in [0.25, 0.3) is 10.2 Å². The van der Waals surface area contributed by atoms with Crippen LogP contribution in [0.5, 0.6) is 0 Å². The highest BCUT2D eigenvalue weighted by Crippen LogP contribution is 2.32. The smallest absolute Gasteiger partial charge is 0.251 e. The topological polar surface area (TPSA) is 48.5 Å². The van der Waals surface area contributed by atoms with E-state index in [1.54, 1.807) is 11.3 Å². The molecule has 6 heteroatoms. The highest BCUT2D eigenvalue weighted by molar-refractivity contribution is 7.22. The number of aromatic nitrogens is 1. The van der Waals surface area contributed by atoms with Gasteiger partial charge in [0.25, 0.3) is 5.91 Å². The van der Waals surface area contributed by atoms with Gasteiger partial charge in [0.2, 0.25) is 0 Å². The molecule has 1 aromatic heterocycles. The van der Waals surface area contributed by atoms with Gasteiger partial charge in [0.1, 0.15) is 0 Å². The van der Waals surface area contributed by atoms with Gasteiger partial charge >= 0.3 is 0 Å². The molecule has 1 saturated heterocycles. The lowest BCUT2D eigenvalue weighted by Gasteiger charge is -2.33. The SMILES string of the molecule is CCN1CCN(c2nc3c(C)cc(C(=O)NC4CCCC4)cc3s2)CC1. The first-order chi connectivity index (χ1) is 12.6. The van der Waals surface area contributed by atoms with E-state index in [-0.39, 0.29) is 5.91 Å². The molecule has 1 aliphatic heterocycles. The number of nitrogens with one attached hydrogen (secondary N) is 1. The van der Waals surface area contributed by atoms with Crippen molar-refractivity contribution in [1.82, 2.24) is 15.2 Å². The Morgan fingerprint density at radius 1 is 1.23 bits per heavy atom. The summed E-state index contributed by atoms with van der Waals surface area (Å²) < 4.78 is 1.12. The highest BCUT2D eigenvalue weighted by atomic mass is 32.1. The number of benzene rings is 1. The number of rotatable bonds is 4. The van der Waals surface area contributed by atoms with Gasteiger partial charge in [-0.2, -0.15) is 0 Å². The summed E-state index contributed by atoms with van der Waals surface area (Å²) in [6.07, 6.45) is 4.68. The monoisotopic (exact) mass is 372 g/mol. The lowest BCUT2D eigenvalue weighted by atomic mass is 10.1. The number of hydrogen-bond donors (Lipinski definition) is 1. The number of carbonyl (C=O) groups excluding carboxylic acids is 1. The van der Waals surface area contributed by atoms with Crippen LogP contribution in [0.4, 0.5) is 5.13 Å². The van der Waals surface area contributed by atoms with E-state index < -0.39 is 0 Å². The molecule has 2 fully saturated rings. The molecular formula is C20H28N4OS. The Labute approximate surface area is 159 Å². The fourth-order valence-electron chi connectivity index (χ4n) is 4.05. The average molecular weight is 373 g/mol. The van der Waals surface area contributed by atoms with E-state index in [9.17, 15) is 4.79 Å². The minimum atomic E-state index is 0.0633. The maximum atomic E-state index is 12.6. The highest BCUT2D eigenvalue weighted by Gasteiger charge is 2.21. The zero-order valence-electron chi connectivity index (χ0n) is 15.8. The molecule has 1 N–H and O–H groups in total. The Balaban J connectivity index is 1.54. The molecule has 2 aliphatic rings. The Kier molecular flexibility index (Phi) is 5.14. The van der Waals surface area contributed by atoms with Gasteiger partial charge < -0.3 is 15.1 Å². The number of anilines is 1. The molecule has 0 bridgehead atoms. The average Bonchev–Trinajstić information content (AvgIpc) is 3.31. The van der Waals surface area contributed by atoms with Gasteiger partial charge in [-0.05, 0) is 44.0 Å². The summed E-state index contributed by atoms with van der Waals surface area (Å²) in [5.74, 6) is 0.0633. The molecule has 0 atom stereocenters. The van der Waals surface area contributed by atoms with E-state index >= 15 is 0 Å². The number of amides is 1. The first-order valence-electron chi connectivity index (χ1n) is 9.83. The van der Waals surface area contributed by atoms with Crippen molar-refractivity contribution in [2.75, 3.05) is 37.6 Å². The number of hydrogen-bond acceptors (Lipinski definition) is 5. The van der Waals surface area contributed by atoms with E-state index in [1.165, 1.54) is 12.8 Å². The summed E-state index contributed by atoms with van der Waals surface area (Å²) >= 11 is 1.72. The first-order valence-corrected chi connectivity index (χ1v) is 10.6. The Hall–Kier alpha value is -1.66. The van der Waals surface area contributed by atoms with E-state index in [1.807, 2.05) is 12.1 Å².